The molecule has 0 saturated carbocycles. The van der Waals surface area contributed by atoms with E-state index in [4.69, 9.17) is 5.73 Å². The lowest BCUT2D eigenvalue weighted by atomic mass is 10.1. The Morgan fingerprint density at radius 3 is 2.53 bits per heavy atom. The number of aromatic nitrogens is 2. The lowest BCUT2D eigenvalue weighted by molar-refractivity contribution is 0.600. The Balaban J connectivity index is 2.52. The molecule has 19 heavy (non-hydrogen) atoms. The number of nitrogens with zero attached hydrogens (tertiary/aromatic N) is 3. The summed E-state index contributed by atoms with van der Waals surface area (Å²) in [6.07, 6.45) is 4.72. The second kappa shape index (κ2) is 4.58. The van der Waals surface area contributed by atoms with Crippen molar-refractivity contribution in [2.45, 2.75) is 0 Å². The Morgan fingerprint density at radius 2 is 2.00 bits per heavy atom. The van der Waals surface area contributed by atoms with Gasteiger partial charge in [-0.05, 0) is 17.7 Å². The highest BCUT2D eigenvalue weighted by atomic mass is 32.2. The van der Waals surface area contributed by atoms with Gasteiger partial charge in [-0.3, -0.25) is 8.99 Å². The molecule has 1 heterocycles. The number of anilines is 2. The Hall–Kier alpha value is -2.02. The van der Waals surface area contributed by atoms with Crippen molar-refractivity contribution in [2.24, 2.45) is 7.05 Å². The van der Waals surface area contributed by atoms with E-state index in [0.29, 0.717) is 11.4 Å². The largest absolute Gasteiger partial charge is 0.397 e. The van der Waals surface area contributed by atoms with E-state index in [9.17, 15) is 8.42 Å². The maximum absolute atomic E-state index is 11.6. The molecule has 0 atom stereocenters. The molecule has 0 aliphatic carbocycles. The zero-order valence-corrected chi connectivity index (χ0v) is 11.8. The van der Waals surface area contributed by atoms with Gasteiger partial charge in [0.05, 0.1) is 23.8 Å². The number of hydrogen-bond donors (Lipinski definition) is 1. The maximum atomic E-state index is 11.6. The number of nitrogen functional groups attached to an aromatic ring is 1. The molecule has 2 rings (SSSR count). The number of sulfonamides is 1. The standard InChI is InChI=1S/C12H16N4O2S/c1-15-8-10(7-14-15)9-4-5-11(13)12(6-9)16(2)19(3,17)18/h4-8H,13H2,1-3H3. The number of rotatable bonds is 3. The molecule has 0 aliphatic rings. The zero-order chi connectivity index (χ0) is 14.2. The van der Waals surface area contributed by atoms with Crippen LogP contribution in [0.4, 0.5) is 11.4 Å². The minimum absolute atomic E-state index is 0.417. The molecule has 2 N–H and O–H groups in total. The van der Waals surface area contributed by atoms with E-state index in [1.807, 2.05) is 19.3 Å². The first kappa shape index (κ1) is 13.4. The molecule has 7 heteroatoms. The first-order chi connectivity index (χ1) is 8.79. The maximum Gasteiger partial charge on any atom is 0.232 e. The van der Waals surface area contributed by atoms with E-state index in [1.54, 1.807) is 23.0 Å². The Bertz CT molecular complexity index is 706. The summed E-state index contributed by atoms with van der Waals surface area (Å²) >= 11 is 0. The predicted octanol–water partition coefficient (Wildman–Crippen LogP) is 1.07. The van der Waals surface area contributed by atoms with Gasteiger partial charge in [-0.2, -0.15) is 5.10 Å². The summed E-state index contributed by atoms with van der Waals surface area (Å²) in [6.45, 7) is 0. The van der Waals surface area contributed by atoms with Gasteiger partial charge in [0.2, 0.25) is 10.0 Å². The quantitative estimate of drug-likeness (QED) is 0.853. The second-order valence-corrected chi connectivity index (χ2v) is 6.42. The van der Waals surface area contributed by atoms with Gasteiger partial charge in [-0.25, -0.2) is 8.42 Å². The van der Waals surface area contributed by atoms with Crippen molar-refractivity contribution in [2.75, 3.05) is 23.3 Å². The number of benzene rings is 1. The molecule has 0 saturated heterocycles. The third-order valence-corrected chi connectivity index (χ3v) is 4.10. The second-order valence-electron chi connectivity index (χ2n) is 4.41. The summed E-state index contributed by atoms with van der Waals surface area (Å²) in [6, 6.07) is 5.28. The van der Waals surface area contributed by atoms with Crippen LogP contribution in [0.1, 0.15) is 0 Å². The van der Waals surface area contributed by atoms with Crippen molar-refractivity contribution in [1.82, 2.24) is 9.78 Å². The van der Waals surface area contributed by atoms with Gasteiger partial charge >= 0.3 is 0 Å². The zero-order valence-electron chi connectivity index (χ0n) is 11.0. The number of aryl methyl sites for hydroxylation is 1. The summed E-state index contributed by atoms with van der Waals surface area (Å²) < 4.78 is 26.0. The van der Waals surface area contributed by atoms with Crippen LogP contribution >= 0.6 is 0 Å². The summed E-state index contributed by atoms with van der Waals surface area (Å²) in [5.74, 6) is 0. The smallest absolute Gasteiger partial charge is 0.232 e. The Labute approximate surface area is 112 Å². The Kier molecular flexibility index (Phi) is 3.23. The van der Waals surface area contributed by atoms with E-state index < -0.39 is 10.0 Å². The fourth-order valence-electron chi connectivity index (χ4n) is 1.74. The minimum Gasteiger partial charge on any atom is -0.397 e. The van der Waals surface area contributed by atoms with E-state index in [1.165, 1.54) is 11.4 Å². The topological polar surface area (TPSA) is 81.2 Å². The van der Waals surface area contributed by atoms with Gasteiger partial charge in [0.1, 0.15) is 0 Å². The summed E-state index contributed by atoms with van der Waals surface area (Å²) in [5, 5.41) is 4.09. The van der Waals surface area contributed by atoms with Crippen molar-refractivity contribution in [3.63, 3.8) is 0 Å². The van der Waals surface area contributed by atoms with E-state index in [-0.39, 0.29) is 0 Å². The van der Waals surface area contributed by atoms with Crippen LogP contribution in [-0.2, 0) is 17.1 Å². The third kappa shape index (κ3) is 2.70. The van der Waals surface area contributed by atoms with Gasteiger partial charge in [0.15, 0.2) is 0 Å². The molecular formula is C12H16N4O2S. The molecule has 0 amide bonds. The third-order valence-electron chi connectivity index (χ3n) is 2.91. The minimum atomic E-state index is -3.34. The van der Waals surface area contributed by atoms with E-state index in [2.05, 4.69) is 5.10 Å². The number of nitrogens with two attached hydrogens (primary N) is 1. The highest BCUT2D eigenvalue weighted by Gasteiger charge is 2.15. The van der Waals surface area contributed by atoms with Crippen LogP contribution in [0.3, 0.4) is 0 Å². The van der Waals surface area contributed by atoms with Crippen LogP contribution in [-0.4, -0.2) is 31.5 Å². The van der Waals surface area contributed by atoms with E-state index >= 15 is 0 Å². The van der Waals surface area contributed by atoms with Crippen molar-refractivity contribution in [3.05, 3.63) is 30.6 Å². The summed E-state index contributed by atoms with van der Waals surface area (Å²) in [5.41, 5.74) is 8.50. The molecule has 0 radical (unpaired) electrons. The first-order valence-electron chi connectivity index (χ1n) is 5.61. The summed E-state index contributed by atoms with van der Waals surface area (Å²) in [7, 11) is -0.0357. The van der Waals surface area contributed by atoms with Crippen molar-refractivity contribution in [1.29, 1.82) is 0 Å². The van der Waals surface area contributed by atoms with Gasteiger partial charge in [-0.15, -0.1) is 0 Å². The summed E-state index contributed by atoms with van der Waals surface area (Å²) in [4.78, 5) is 0. The first-order valence-corrected chi connectivity index (χ1v) is 7.46. The molecule has 102 valence electrons. The molecule has 0 aliphatic heterocycles. The van der Waals surface area contributed by atoms with Crippen LogP contribution in [0, 0.1) is 0 Å². The van der Waals surface area contributed by atoms with Gasteiger partial charge in [0.25, 0.3) is 0 Å². The molecule has 2 aromatic rings. The highest BCUT2D eigenvalue weighted by Crippen LogP contribution is 2.30. The van der Waals surface area contributed by atoms with Gasteiger partial charge < -0.3 is 5.73 Å². The van der Waals surface area contributed by atoms with Gasteiger partial charge in [-0.1, -0.05) is 6.07 Å². The average Bonchev–Trinajstić information content (AvgIpc) is 2.74. The van der Waals surface area contributed by atoms with Crippen LogP contribution in [0.5, 0.6) is 0 Å². The number of hydrogen-bond acceptors (Lipinski definition) is 4. The fourth-order valence-corrected chi connectivity index (χ4v) is 2.26. The molecule has 6 nitrogen and oxygen atoms in total. The highest BCUT2D eigenvalue weighted by molar-refractivity contribution is 7.92. The average molecular weight is 280 g/mol. The lowest BCUT2D eigenvalue weighted by Gasteiger charge is -2.19. The molecule has 0 bridgehead atoms. The normalized spacial score (nSPS) is 11.5. The van der Waals surface area contributed by atoms with E-state index in [0.717, 1.165) is 17.4 Å². The van der Waals surface area contributed by atoms with Crippen molar-refractivity contribution >= 4 is 21.4 Å². The van der Waals surface area contributed by atoms with Crippen LogP contribution in [0.2, 0.25) is 0 Å². The van der Waals surface area contributed by atoms with Gasteiger partial charge in [0, 0.05) is 25.9 Å². The van der Waals surface area contributed by atoms with Crippen molar-refractivity contribution in [3.8, 4) is 11.1 Å². The van der Waals surface area contributed by atoms with Crippen LogP contribution < -0.4 is 10.0 Å². The SMILES string of the molecule is CN(c1cc(-c2cnn(C)c2)ccc1N)S(C)(=O)=O. The molecule has 1 aromatic carbocycles. The molecule has 0 fully saturated rings. The predicted molar refractivity (Wildman–Crippen MR) is 76.3 cm³/mol. The molecule has 0 unspecified atom stereocenters. The fraction of sp³-hybridized carbons (Fsp3) is 0.250. The van der Waals surface area contributed by atoms with Crippen LogP contribution in [0.15, 0.2) is 30.6 Å². The Morgan fingerprint density at radius 1 is 1.32 bits per heavy atom. The van der Waals surface area contributed by atoms with Crippen LogP contribution in [0.25, 0.3) is 11.1 Å². The molecular weight excluding hydrogens is 264 g/mol. The molecule has 1 aromatic heterocycles. The van der Waals surface area contributed by atoms with Crippen molar-refractivity contribution < 1.29 is 8.42 Å². The molecule has 0 spiro atoms. The monoisotopic (exact) mass is 280 g/mol. The lowest BCUT2D eigenvalue weighted by Crippen LogP contribution is -2.25.